The molecule has 0 amide bonds. The molecule has 1 aliphatic rings. The standard InChI is InChI=1S/C26H33FN2O4.BrH/c1-25(2,3)16-9-14(10-17(22(16)31)26(4,5)6)18(30)13-29-12-15-11-19(32-7)23(33-8)21(27)20(15)24(29)28;/h9-11,28,31H,12-13H2,1-8H3;1H. The molecule has 0 spiro atoms. The van der Waals surface area contributed by atoms with Gasteiger partial charge in [0.25, 0.3) is 0 Å². The highest BCUT2D eigenvalue weighted by molar-refractivity contribution is 8.93. The number of carbonyl (C=O) groups excluding carboxylic acids is 1. The fourth-order valence-electron chi connectivity index (χ4n) is 4.16. The van der Waals surface area contributed by atoms with Crippen LogP contribution in [0.3, 0.4) is 0 Å². The Hall–Kier alpha value is -2.61. The van der Waals surface area contributed by atoms with E-state index in [0.717, 1.165) is 0 Å². The second kappa shape index (κ2) is 9.56. The van der Waals surface area contributed by atoms with Crippen molar-refractivity contribution < 1.29 is 23.8 Å². The number of Topliss-reactive ketones (excluding diaryl/α,β-unsaturated/α-hetero) is 1. The molecule has 0 radical (unpaired) electrons. The number of amidine groups is 1. The highest BCUT2D eigenvalue weighted by atomic mass is 79.9. The lowest BCUT2D eigenvalue weighted by molar-refractivity contribution is 0.0962. The quantitative estimate of drug-likeness (QED) is 0.475. The second-order valence-electron chi connectivity index (χ2n) is 10.5. The SMILES string of the molecule is Br.COc1cc2c(c(F)c1OC)C(=N)N(CC(=O)c1cc(C(C)(C)C)c(O)c(C(C)(C)C)c1)C2. The number of ether oxygens (including phenoxy) is 2. The maximum Gasteiger partial charge on any atom is 0.197 e. The maximum atomic E-state index is 15.0. The Balaban J connectivity index is 0.00000408. The molecular formula is C26H34BrFN2O4. The Morgan fingerprint density at radius 1 is 1.06 bits per heavy atom. The molecule has 2 N–H and O–H groups in total. The smallest absolute Gasteiger partial charge is 0.197 e. The van der Waals surface area contributed by atoms with Gasteiger partial charge in [-0.25, -0.2) is 4.39 Å². The number of fused-ring (bicyclic) bond motifs is 1. The van der Waals surface area contributed by atoms with Gasteiger partial charge in [-0.15, -0.1) is 17.0 Å². The number of ketones is 1. The number of methoxy groups -OCH3 is 2. The third-order valence-corrected chi connectivity index (χ3v) is 5.99. The molecule has 8 heteroatoms. The summed E-state index contributed by atoms with van der Waals surface area (Å²) in [7, 11) is 2.77. The molecule has 2 aromatic carbocycles. The minimum absolute atomic E-state index is 0. The van der Waals surface area contributed by atoms with Crippen LogP contribution < -0.4 is 9.47 Å². The van der Waals surface area contributed by atoms with Gasteiger partial charge in [0, 0.05) is 23.2 Å². The average molecular weight is 537 g/mol. The van der Waals surface area contributed by atoms with Gasteiger partial charge in [-0.3, -0.25) is 10.2 Å². The van der Waals surface area contributed by atoms with Crippen molar-refractivity contribution in [2.75, 3.05) is 20.8 Å². The van der Waals surface area contributed by atoms with Gasteiger partial charge >= 0.3 is 0 Å². The predicted molar refractivity (Wildman–Crippen MR) is 137 cm³/mol. The number of aromatic hydroxyl groups is 1. The summed E-state index contributed by atoms with van der Waals surface area (Å²) in [5.74, 6) is -0.545. The number of halogens is 2. The molecule has 0 saturated heterocycles. The summed E-state index contributed by atoms with van der Waals surface area (Å²) in [6.07, 6.45) is 0. The lowest BCUT2D eigenvalue weighted by atomic mass is 9.78. The molecule has 3 rings (SSSR count). The number of benzene rings is 2. The number of nitrogens with zero attached hydrogens (tertiary/aromatic N) is 1. The zero-order valence-corrected chi connectivity index (χ0v) is 22.8. The van der Waals surface area contributed by atoms with E-state index in [1.165, 1.54) is 19.1 Å². The van der Waals surface area contributed by atoms with E-state index < -0.39 is 5.82 Å². The Labute approximate surface area is 211 Å². The third kappa shape index (κ3) is 4.92. The third-order valence-electron chi connectivity index (χ3n) is 5.99. The van der Waals surface area contributed by atoms with Crippen molar-refractivity contribution in [2.45, 2.75) is 58.9 Å². The molecule has 0 unspecified atom stereocenters. The monoisotopic (exact) mass is 536 g/mol. The van der Waals surface area contributed by atoms with Crippen molar-refractivity contribution in [1.82, 2.24) is 4.90 Å². The van der Waals surface area contributed by atoms with Crippen LogP contribution in [0, 0.1) is 11.2 Å². The molecule has 1 heterocycles. The number of nitrogens with one attached hydrogen (secondary N) is 1. The van der Waals surface area contributed by atoms with Gasteiger partial charge in [0.2, 0.25) is 0 Å². The fourth-order valence-corrected chi connectivity index (χ4v) is 4.16. The van der Waals surface area contributed by atoms with Crippen molar-refractivity contribution in [3.8, 4) is 17.2 Å². The molecule has 0 aliphatic carbocycles. The zero-order chi connectivity index (χ0) is 24.9. The highest BCUT2D eigenvalue weighted by Gasteiger charge is 2.34. The van der Waals surface area contributed by atoms with Crippen LogP contribution in [-0.4, -0.2) is 42.4 Å². The van der Waals surface area contributed by atoms with E-state index in [1.807, 2.05) is 41.5 Å². The van der Waals surface area contributed by atoms with E-state index in [-0.39, 0.29) is 75.3 Å². The van der Waals surface area contributed by atoms with Crippen LogP contribution in [0.5, 0.6) is 17.2 Å². The molecule has 0 fully saturated rings. The van der Waals surface area contributed by atoms with Crippen molar-refractivity contribution >= 4 is 28.6 Å². The number of carbonyl (C=O) groups is 1. The summed E-state index contributed by atoms with van der Waals surface area (Å²) in [4.78, 5) is 14.9. The lowest BCUT2D eigenvalue weighted by Gasteiger charge is -2.28. The second-order valence-corrected chi connectivity index (χ2v) is 10.5. The van der Waals surface area contributed by atoms with Crippen molar-refractivity contribution in [3.05, 3.63) is 51.8 Å². The minimum atomic E-state index is -0.665. The van der Waals surface area contributed by atoms with Gasteiger partial charge < -0.3 is 19.5 Å². The van der Waals surface area contributed by atoms with Gasteiger partial charge in [0.05, 0.1) is 26.3 Å². The summed E-state index contributed by atoms with van der Waals surface area (Å²) >= 11 is 0. The summed E-state index contributed by atoms with van der Waals surface area (Å²) in [5.41, 5.74) is 1.80. The van der Waals surface area contributed by atoms with Gasteiger partial charge in [0.1, 0.15) is 11.6 Å². The first kappa shape index (κ1) is 27.6. The highest BCUT2D eigenvalue weighted by Crippen LogP contribution is 2.41. The fraction of sp³-hybridized carbons (Fsp3) is 0.462. The normalized spacial score (nSPS) is 13.4. The van der Waals surface area contributed by atoms with E-state index in [2.05, 4.69) is 0 Å². The van der Waals surface area contributed by atoms with Crippen LogP contribution in [0.1, 0.15) is 74.2 Å². The maximum absolute atomic E-state index is 15.0. The topological polar surface area (TPSA) is 82.9 Å². The van der Waals surface area contributed by atoms with Crippen molar-refractivity contribution in [3.63, 3.8) is 0 Å². The molecule has 34 heavy (non-hydrogen) atoms. The molecular weight excluding hydrogens is 503 g/mol. The Kier molecular flexibility index (Phi) is 7.77. The molecule has 6 nitrogen and oxygen atoms in total. The summed E-state index contributed by atoms with van der Waals surface area (Å²) < 4.78 is 25.4. The number of hydrogen-bond acceptors (Lipinski definition) is 5. The molecule has 0 aromatic heterocycles. The van der Waals surface area contributed by atoms with E-state index in [0.29, 0.717) is 22.3 Å². The van der Waals surface area contributed by atoms with Crippen LogP contribution in [0.25, 0.3) is 0 Å². The molecule has 186 valence electrons. The number of rotatable bonds is 5. The van der Waals surface area contributed by atoms with Crippen LogP contribution in [-0.2, 0) is 17.4 Å². The van der Waals surface area contributed by atoms with Crippen molar-refractivity contribution in [2.24, 2.45) is 0 Å². The summed E-state index contributed by atoms with van der Waals surface area (Å²) in [6.45, 7) is 12.0. The molecule has 1 aliphatic heterocycles. The molecule has 0 saturated carbocycles. The van der Waals surface area contributed by atoms with Gasteiger partial charge in [-0.1, -0.05) is 41.5 Å². The number of hydrogen-bond donors (Lipinski definition) is 2. The predicted octanol–water partition coefficient (Wildman–Crippen LogP) is 5.75. The first-order valence-corrected chi connectivity index (χ1v) is 10.9. The average Bonchev–Trinajstić information content (AvgIpc) is 3.01. The zero-order valence-electron chi connectivity index (χ0n) is 21.1. The Morgan fingerprint density at radius 2 is 1.59 bits per heavy atom. The summed E-state index contributed by atoms with van der Waals surface area (Å²) in [6, 6.07) is 5.10. The van der Waals surface area contributed by atoms with Crippen LogP contribution in [0.15, 0.2) is 18.2 Å². The Morgan fingerprint density at radius 3 is 2.03 bits per heavy atom. The van der Waals surface area contributed by atoms with Crippen LogP contribution in [0.2, 0.25) is 0 Å². The summed E-state index contributed by atoms with van der Waals surface area (Å²) in [5, 5.41) is 19.4. The first-order valence-electron chi connectivity index (χ1n) is 10.9. The molecule has 0 atom stereocenters. The lowest BCUT2D eigenvalue weighted by Crippen LogP contribution is -2.31. The largest absolute Gasteiger partial charge is 0.507 e. The van der Waals surface area contributed by atoms with Crippen LogP contribution in [0.4, 0.5) is 4.39 Å². The molecule has 2 aromatic rings. The van der Waals surface area contributed by atoms with Gasteiger partial charge in [-0.05, 0) is 34.6 Å². The minimum Gasteiger partial charge on any atom is -0.507 e. The van der Waals surface area contributed by atoms with E-state index in [1.54, 1.807) is 18.2 Å². The van der Waals surface area contributed by atoms with Gasteiger partial charge in [0.15, 0.2) is 23.1 Å². The van der Waals surface area contributed by atoms with Crippen molar-refractivity contribution in [1.29, 1.82) is 5.41 Å². The van der Waals surface area contributed by atoms with E-state index >= 15 is 4.39 Å². The van der Waals surface area contributed by atoms with E-state index in [4.69, 9.17) is 14.9 Å². The van der Waals surface area contributed by atoms with Crippen LogP contribution >= 0.6 is 17.0 Å². The first-order chi connectivity index (χ1) is 15.2. The Bertz CT molecular complexity index is 1100. The number of phenolic OH excluding ortho intramolecular Hbond substituents is 1. The van der Waals surface area contributed by atoms with Gasteiger partial charge in [-0.2, -0.15) is 0 Å². The number of phenols is 1. The molecule has 0 bridgehead atoms. The van der Waals surface area contributed by atoms with E-state index in [9.17, 15) is 9.90 Å².